The van der Waals surface area contributed by atoms with Gasteiger partial charge in [0.05, 0.1) is 0 Å². The van der Waals surface area contributed by atoms with Crippen LogP contribution >= 0.6 is 0 Å². The number of rotatable bonds is 4. The average molecular weight is 337 g/mol. The van der Waals surface area contributed by atoms with Crippen molar-refractivity contribution in [2.24, 2.45) is 0 Å². The topological polar surface area (TPSA) is 64.9 Å². The van der Waals surface area contributed by atoms with Crippen molar-refractivity contribution in [3.05, 3.63) is 60.0 Å². The van der Waals surface area contributed by atoms with Crippen LogP contribution in [-0.4, -0.2) is 34.5 Å². The number of ether oxygens (including phenoxy) is 2. The summed E-state index contributed by atoms with van der Waals surface area (Å²) >= 11 is 0. The molecule has 0 saturated carbocycles. The molecule has 25 heavy (non-hydrogen) atoms. The molecule has 3 heterocycles. The van der Waals surface area contributed by atoms with E-state index in [0.717, 1.165) is 22.7 Å². The molecule has 0 radical (unpaired) electrons. The maximum absolute atomic E-state index is 12.3. The Bertz CT molecular complexity index is 919. The third-order valence-electron chi connectivity index (χ3n) is 4.15. The number of imidazole rings is 1. The minimum Gasteiger partial charge on any atom is -0.486 e. The summed E-state index contributed by atoms with van der Waals surface area (Å²) in [5, 5.41) is 2.90. The van der Waals surface area contributed by atoms with Crippen LogP contribution in [0.1, 0.15) is 22.5 Å². The molecule has 1 aliphatic rings. The van der Waals surface area contributed by atoms with Crippen molar-refractivity contribution in [1.29, 1.82) is 0 Å². The highest BCUT2D eigenvalue weighted by Crippen LogP contribution is 2.31. The summed E-state index contributed by atoms with van der Waals surface area (Å²) in [5.74, 6) is 1.34. The first-order valence-electron chi connectivity index (χ1n) is 8.31. The van der Waals surface area contributed by atoms with Crippen molar-refractivity contribution >= 4 is 11.6 Å². The van der Waals surface area contributed by atoms with Crippen molar-refractivity contribution in [2.75, 3.05) is 13.2 Å². The predicted molar refractivity (Wildman–Crippen MR) is 93.2 cm³/mol. The van der Waals surface area contributed by atoms with Crippen LogP contribution < -0.4 is 14.8 Å². The first-order chi connectivity index (χ1) is 12.2. The van der Waals surface area contributed by atoms with Crippen molar-refractivity contribution in [1.82, 2.24) is 14.7 Å². The average Bonchev–Trinajstić information content (AvgIpc) is 3.05. The molecule has 6 nitrogen and oxygen atoms in total. The van der Waals surface area contributed by atoms with Crippen molar-refractivity contribution in [3.63, 3.8) is 0 Å². The zero-order chi connectivity index (χ0) is 17.2. The van der Waals surface area contributed by atoms with Crippen LogP contribution in [0, 0.1) is 6.92 Å². The Hall–Kier alpha value is -3.02. The van der Waals surface area contributed by atoms with Gasteiger partial charge in [-0.2, -0.15) is 0 Å². The fourth-order valence-corrected chi connectivity index (χ4v) is 2.86. The van der Waals surface area contributed by atoms with E-state index in [9.17, 15) is 4.79 Å². The van der Waals surface area contributed by atoms with Gasteiger partial charge in [-0.3, -0.25) is 4.79 Å². The normalized spacial score (nSPS) is 16.0. The van der Waals surface area contributed by atoms with E-state index in [0.29, 0.717) is 25.3 Å². The highest BCUT2D eigenvalue weighted by molar-refractivity contribution is 5.92. The molecule has 2 aromatic heterocycles. The molecule has 6 heteroatoms. The number of carbonyl (C=O) groups is 1. The summed E-state index contributed by atoms with van der Waals surface area (Å²) in [6.45, 7) is 2.99. The Morgan fingerprint density at radius 2 is 2.08 bits per heavy atom. The fraction of sp³-hybridized carbons (Fsp3) is 0.263. The molecule has 1 amide bonds. The smallest absolute Gasteiger partial charge is 0.271 e. The fourth-order valence-electron chi connectivity index (χ4n) is 2.86. The van der Waals surface area contributed by atoms with E-state index >= 15 is 0 Å². The van der Waals surface area contributed by atoms with E-state index < -0.39 is 0 Å². The van der Waals surface area contributed by atoms with Crippen LogP contribution in [0.4, 0.5) is 0 Å². The highest BCUT2D eigenvalue weighted by atomic mass is 16.6. The number of carbonyl (C=O) groups excluding carboxylic acids is 1. The number of nitrogens with zero attached hydrogens (tertiary/aromatic N) is 2. The SMILES string of the molecule is Cc1ccc2nc(C(=O)NCC[C@H]3COc4ccccc4O3)cn2c1. The number of pyridine rings is 1. The summed E-state index contributed by atoms with van der Waals surface area (Å²) in [4.78, 5) is 16.6. The molecule has 0 fully saturated rings. The van der Waals surface area contributed by atoms with Crippen LogP contribution in [0.25, 0.3) is 5.65 Å². The number of aryl methyl sites for hydroxylation is 1. The number of amides is 1. The van der Waals surface area contributed by atoms with Gasteiger partial charge in [-0.05, 0) is 30.7 Å². The quantitative estimate of drug-likeness (QED) is 0.795. The van der Waals surface area contributed by atoms with Crippen LogP contribution in [0.3, 0.4) is 0 Å². The maximum Gasteiger partial charge on any atom is 0.271 e. The summed E-state index contributed by atoms with van der Waals surface area (Å²) in [5.41, 5.74) is 2.29. The van der Waals surface area contributed by atoms with E-state index in [1.54, 1.807) is 6.20 Å². The highest BCUT2D eigenvalue weighted by Gasteiger charge is 2.20. The van der Waals surface area contributed by atoms with Gasteiger partial charge < -0.3 is 19.2 Å². The third-order valence-corrected chi connectivity index (χ3v) is 4.15. The molecule has 4 rings (SSSR count). The lowest BCUT2D eigenvalue weighted by Crippen LogP contribution is -2.34. The number of fused-ring (bicyclic) bond motifs is 2. The second-order valence-electron chi connectivity index (χ2n) is 6.14. The number of benzene rings is 1. The molecule has 0 bridgehead atoms. The van der Waals surface area contributed by atoms with E-state index in [1.807, 2.05) is 53.9 Å². The molecule has 3 aromatic rings. The van der Waals surface area contributed by atoms with Gasteiger partial charge >= 0.3 is 0 Å². The van der Waals surface area contributed by atoms with E-state index in [4.69, 9.17) is 9.47 Å². The maximum atomic E-state index is 12.3. The monoisotopic (exact) mass is 337 g/mol. The Morgan fingerprint density at radius 3 is 2.96 bits per heavy atom. The minimum atomic E-state index is -0.182. The predicted octanol–water partition coefficient (Wildman–Crippen LogP) is 2.60. The largest absolute Gasteiger partial charge is 0.486 e. The lowest BCUT2D eigenvalue weighted by atomic mass is 10.2. The van der Waals surface area contributed by atoms with Crippen LogP contribution in [-0.2, 0) is 0 Å². The van der Waals surface area contributed by atoms with Crippen LogP contribution in [0.15, 0.2) is 48.8 Å². The molecule has 0 unspecified atom stereocenters. The van der Waals surface area contributed by atoms with Gasteiger partial charge in [0.1, 0.15) is 24.1 Å². The van der Waals surface area contributed by atoms with Gasteiger partial charge in [0.2, 0.25) is 0 Å². The first kappa shape index (κ1) is 15.5. The Labute approximate surface area is 145 Å². The van der Waals surface area contributed by atoms with Gasteiger partial charge in [0.25, 0.3) is 5.91 Å². The van der Waals surface area contributed by atoms with Gasteiger partial charge in [-0.25, -0.2) is 4.98 Å². The zero-order valence-corrected chi connectivity index (χ0v) is 13.9. The molecule has 0 aliphatic carbocycles. The first-order valence-corrected chi connectivity index (χ1v) is 8.31. The third kappa shape index (κ3) is 3.28. The Morgan fingerprint density at radius 1 is 1.24 bits per heavy atom. The summed E-state index contributed by atoms with van der Waals surface area (Å²) in [7, 11) is 0. The second kappa shape index (κ2) is 6.47. The van der Waals surface area contributed by atoms with Gasteiger partial charge in [-0.15, -0.1) is 0 Å². The number of aromatic nitrogens is 2. The minimum absolute atomic E-state index is 0.0704. The lowest BCUT2D eigenvalue weighted by molar-refractivity contribution is 0.0811. The van der Waals surface area contributed by atoms with Gasteiger partial charge in [-0.1, -0.05) is 18.2 Å². The number of nitrogens with one attached hydrogen (secondary N) is 1. The van der Waals surface area contributed by atoms with Crippen LogP contribution in [0.5, 0.6) is 11.5 Å². The molecular weight excluding hydrogens is 318 g/mol. The van der Waals surface area contributed by atoms with E-state index in [-0.39, 0.29) is 12.0 Å². The zero-order valence-electron chi connectivity index (χ0n) is 13.9. The summed E-state index contributed by atoms with van der Waals surface area (Å²) < 4.78 is 13.4. The molecule has 1 N–H and O–H groups in total. The summed E-state index contributed by atoms with van der Waals surface area (Å²) in [6, 6.07) is 11.5. The van der Waals surface area contributed by atoms with Crippen molar-refractivity contribution in [3.8, 4) is 11.5 Å². The van der Waals surface area contributed by atoms with Crippen molar-refractivity contribution in [2.45, 2.75) is 19.4 Å². The van der Waals surface area contributed by atoms with Gasteiger partial charge in [0.15, 0.2) is 11.5 Å². The molecule has 128 valence electrons. The molecule has 1 aliphatic heterocycles. The number of para-hydroxylation sites is 2. The Balaban J connectivity index is 1.33. The van der Waals surface area contributed by atoms with E-state index in [2.05, 4.69) is 10.3 Å². The van der Waals surface area contributed by atoms with Gasteiger partial charge in [0, 0.05) is 25.4 Å². The molecule has 1 aromatic carbocycles. The lowest BCUT2D eigenvalue weighted by Gasteiger charge is -2.26. The van der Waals surface area contributed by atoms with E-state index in [1.165, 1.54) is 0 Å². The second-order valence-corrected chi connectivity index (χ2v) is 6.14. The van der Waals surface area contributed by atoms with Crippen molar-refractivity contribution < 1.29 is 14.3 Å². The molecule has 0 saturated heterocycles. The summed E-state index contributed by atoms with van der Waals surface area (Å²) in [6.07, 6.45) is 4.30. The number of hydrogen-bond acceptors (Lipinski definition) is 4. The van der Waals surface area contributed by atoms with Crippen LogP contribution in [0.2, 0.25) is 0 Å². The Kier molecular flexibility index (Phi) is 4.01. The molecule has 0 spiro atoms. The molecule has 1 atom stereocenters. The number of hydrogen-bond donors (Lipinski definition) is 1. The standard InChI is InChI=1S/C19H19N3O3/c1-13-6-7-18-21-15(11-22(18)10-13)19(23)20-9-8-14-12-24-16-4-2-3-5-17(16)25-14/h2-7,10-11,14H,8-9,12H2,1H3,(H,20,23)/t14-/m0/s1. The molecular formula is C19H19N3O3.